The summed E-state index contributed by atoms with van der Waals surface area (Å²) < 4.78 is 1.74. The first-order chi connectivity index (χ1) is 12.5. The van der Waals surface area contributed by atoms with E-state index >= 15 is 0 Å². The monoisotopic (exact) mass is 368 g/mol. The van der Waals surface area contributed by atoms with Crippen LogP contribution < -0.4 is 0 Å². The third-order valence-corrected chi connectivity index (χ3v) is 4.34. The molecule has 0 radical (unpaired) electrons. The summed E-state index contributed by atoms with van der Waals surface area (Å²) in [4.78, 5) is 19.0. The second-order valence-corrected chi connectivity index (χ2v) is 6.93. The lowest BCUT2D eigenvalue weighted by Crippen LogP contribution is -2.27. The predicted octanol–water partition coefficient (Wildman–Crippen LogP) is 4.32. The molecule has 0 spiro atoms. The van der Waals surface area contributed by atoms with Crippen molar-refractivity contribution in [3.8, 4) is 5.82 Å². The van der Waals surface area contributed by atoms with Gasteiger partial charge in [-0.25, -0.2) is 9.67 Å². The first-order valence-corrected chi connectivity index (χ1v) is 8.84. The van der Waals surface area contributed by atoms with Crippen molar-refractivity contribution < 1.29 is 4.79 Å². The highest BCUT2D eigenvalue weighted by Gasteiger charge is 2.23. The van der Waals surface area contributed by atoms with Gasteiger partial charge in [-0.2, -0.15) is 5.10 Å². The van der Waals surface area contributed by atoms with Gasteiger partial charge in [0, 0.05) is 24.8 Å². The van der Waals surface area contributed by atoms with Gasteiger partial charge in [0.25, 0.3) is 5.91 Å². The van der Waals surface area contributed by atoms with E-state index in [1.165, 1.54) is 0 Å². The van der Waals surface area contributed by atoms with E-state index in [-0.39, 0.29) is 11.8 Å². The molecule has 0 bridgehead atoms. The molecule has 0 unspecified atom stereocenters. The first kappa shape index (κ1) is 18.1. The van der Waals surface area contributed by atoms with Gasteiger partial charge in [0.1, 0.15) is 0 Å². The number of carbonyl (C=O) groups excluding carboxylic acids is 1. The van der Waals surface area contributed by atoms with E-state index < -0.39 is 0 Å². The number of aromatic nitrogens is 3. The van der Waals surface area contributed by atoms with Crippen LogP contribution in [-0.4, -0.2) is 32.6 Å². The smallest absolute Gasteiger partial charge is 0.257 e. The molecule has 5 nitrogen and oxygen atoms in total. The normalized spacial score (nSPS) is 11.0. The molecule has 0 aliphatic rings. The molecule has 6 heteroatoms. The standard InChI is InChI=1S/C20H21ClN4O/c1-14(2)19-17(12-23-25(19)18-9-4-5-10-22-18)20(26)24(3)13-15-7-6-8-16(21)11-15/h4-12,14H,13H2,1-3H3. The summed E-state index contributed by atoms with van der Waals surface area (Å²) in [5.41, 5.74) is 2.43. The Kier molecular flexibility index (Phi) is 5.38. The predicted molar refractivity (Wildman–Crippen MR) is 103 cm³/mol. The Morgan fingerprint density at radius 2 is 2.04 bits per heavy atom. The van der Waals surface area contributed by atoms with Crippen molar-refractivity contribution in [2.75, 3.05) is 7.05 Å². The fourth-order valence-electron chi connectivity index (χ4n) is 2.93. The van der Waals surface area contributed by atoms with E-state index in [2.05, 4.69) is 10.1 Å². The van der Waals surface area contributed by atoms with Gasteiger partial charge in [0.05, 0.1) is 17.5 Å². The molecule has 1 aromatic carbocycles. The Bertz CT molecular complexity index is 905. The largest absolute Gasteiger partial charge is 0.337 e. The van der Waals surface area contributed by atoms with Gasteiger partial charge in [-0.3, -0.25) is 4.79 Å². The van der Waals surface area contributed by atoms with Gasteiger partial charge in [0.15, 0.2) is 5.82 Å². The molecule has 0 saturated heterocycles. The second-order valence-electron chi connectivity index (χ2n) is 6.49. The lowest BCUT2D eigenvalue weighted by molar-refractivity contribution is 0.0783. The Hall–Kier alpha value is -2.66. The molecule has 0 aliphatic carbocycles. The van der Waals surface area contributed by atoms with Gasteiger partial charge in [0.2, 0.25) is 0 Å². The number of pyridine rings is 1. The molecule has 3 rings (SSSR count). The summed E-state index contributed by atoms with van der Waals surface area (Å²) in [6, 6.07) is 13.2. The van der Waals surface area contributed by atoms with Crippen molar-refractivity contribution in [1.29, 1.82) is 0 Å². The van der Waals surface area contributed by atoms with Gasteiger partial charge in [-0.05, 0) is 35.7 Å². The molecule has 0 fully saturated rings. The lowest BCUT2D eigenvalue weighted by Gasteiger charge is -2.19. The van der Waals surface area contributed by atoms with E-state index in [0.29, 0.717) is 22.9 Å². The summed E-state index contributed by atoms with van der Waals surface area (Å²) >= 11 is 6.04. The van der Waals surface area contributed by atoms with Crippen molar-refractivity contribution in [1.82, 2.24) is 19.7 Å². The Labute approximate surface area is 158 Å². The quantitative estimate of drug-likeness (QED) is 0.674. The van der Waals surface area contributed by atoms with Gasteiger partial charge < -0.3 is 4.90 Å². The maximum atomic E-state index is 13.0. The summed E-state index contributed by atoms with van der Waals surface area (Å²) in [5.74, 6) is 0.752. The van der Waals surface area contributed by atoms with Crippen LogP contribution in [0, 0.1) is 0 Å². The number of carbonyl (C=O) groups is 1. The van der Waals surface area contributed by atoms with Gasteiger partial charge >= 0.3 is 0 Å². The summed E-state index contributed by atoms with van der Waals surface area (Å²) in [5, 5.41) is 5.08. The molecular weight excluding hydrogens is 348 g/mol. The highest BCUT2D eigenvalue weighted by Crippen LogP contribution is 2.24. The van der Waals surface area contributed by atoms with Crippen LogP contribution in [-0.2, 0) is 6.54 Å². The molecule has 2 aromatic heterocycles. The zero-order chi connectivity index (χ0) is 18.7. The molecule has 3 aromatic rings. The van der Waals surface area contributed by atoms with Crippen LogP contribution in [0.4, 0.5) is 0 Å². The number of benzene rings is 1. The number of nitrogens with zero attached hydrogens (tertiary/aromatic N) is 4. The van der Waals surface area contributed by atoms with Crippen LogP contribution in [0.1, 0.15) is 41.4 Å². The van der Waals surface area contributed by atoms with Crippen LogP contribution in [0.2, 0.25) is 5.02 Å². The minimum Gasteiger partial charge on any atom is -0.337 e. The van der Waals surface area contributed by atoms with Crippen LogP contribution in [0.3, 0.4) is 0 Å². The number of halogens is 1. The third-order valence-electron chi connectivity index (χ3n) is 4.11. The molecule has 0 aliphatic heterocycles. The van der Waals surface area contributed by atoms with Crippen molar-refractivity contribution in [3.63, 3.8) is 0 Å². The number of hydrogen-bond acceptors (Lipinski definition) is 3. The Morgan fingerprint density at radius 1 is 1.23 bits per heavy atom. The van der Waals surface area contributed by atoms with Crippen molar-refractivity contribution in [3.05, 3.63) is 76.7 Å². The van der Waals surface area contributed by atoms with E-state index in [4.69, 9.17) is 11.6 Å². The van der Waals surface area contributed by atoms with Crippen molar-refractivity contribution >= 4 is 17.5 Å². The summed E-state index contributed by atoms with van der Waals surface area (Å²) in [6.07, 6.45) is 3.34. The lowest BCUT2D eigenvalue weighted by atomic mass is 10.0. The van der Waals surface area contributed by atoms with E-state index in [1.54, 1.807) is 29.0 Å². The fourth-order valence-corrected chi connectivity index (χ4v) is 3.14. The van der Waals surface area contributed by atoms with E-state index in [9.17, 15) is 4.79 Å². The number of rotatable bonds is 5. The third kappa shape index (κ3) is 3.78. The minimum absolute atomic E-state index is 0.0733. The maximum absolute atomic E-state index is 13.0. The van der Waals surface area contributed by atoms with Crippen LogP contribution in [0.5, 0.6) is 0 Å². The molecule has 0 saturated carbocycles. The maximum Gasteiger partial charge on any atom is 0.257 e. The summed E-state index contributed by atoms with van der Waals surface area (Å²) in [6.45, 7) is 4.57. The number of amides is 1. The van der Waals surface area contributed by atoms with Crippen LogP contribution in [0.25, 0.3) is 5.82 Å². The second kappa shape index (κ2) is 7.70. The highest BCUT2D eigenvalue weighted by molar-refractivity contribution is 6.30. The number of hydrogen-bond donors (Lipinski definition) is 0. The molecular formula is C20H21ClN4O. The average Bonchev–Trinajstić information content (AvgIpc) is 3.07. The highest BCUT2D eigenvalue weighted by atomic mass is 35.5. The van der Waals surface area contributed by atoms with Crippen molar-refractivity contribution in [2.24, 2.45) is 0 Å². The Morgan fingerprint density at radius 3 is 2.69 bits per heavy atom. The van der Waals surface area contributed by atoms with E-state index in [0.717, 1.165) is 11.3 Å². The molecule has 0 N–H and O–H groups in total. The fraction of sp³-hybridized carbons (Fsp3) is 0.250. The zero-order valence-corrected chi connectivity index (χ0v) is 15.8. The molecule has 1 amide bonds. The summed E-state index contributed by atoms with van der Waals surface area (Å²) in [7, 11) is 1.78. The van der Waals surface area contributed by atoms with Crippen LogP contribution in [0.15, 0.2) is 54.9 Å². The van der Waals surface area contributed by atoms with Gasteiger partial charge in [-0.15, -0.1) is 0 Å². The van der Waals surface area contributed by atoms with Crippen molar-refractivity contribution in [2.45, 2.75) is 26.3 Å². The molecule has 2 heterocycles. The van der Waals surface area contributed by atoms with E-state index in [1.807, 2.05) is 56.3 Å². The zero-order valence-electron chi connectivity index (χ0n) is 15.1. The Balaban J connectivity index is 1.91. The average molecular weight is 369 g/mol. The molecule has 26 heavy (non-hydrogen) atoms. The SMILES string of the molecule is CC(C)c1c(C(=O)N(C)Cc2cccc(Cl)c2)cnn1-c1ccccn1. The minimum atomic E-state index is -0.0733. The molecule has 0 atom stereocenters. The topological polar surface area (TPSA) is 51.0 Å². The van der Waals surface area contributed by atoms with Gasteiger partial charge in [-0.1, -0.05) is 43.6 Å². The first-order valence-electron chi connectivity index (χ1n) is 8.46. The molecule has 134 valence electrons. The van der Waals surface area contributed by atoms with Crippen LogP contribution >= 0.6 is 11.6 Å².